The van der Waals surface area contributed by atoms with Crippen molar-refractivity contribution in [3.05, 3.63) is 70.8 Å². The third kappa shape index (κ3) is 4.37. The zero-order chi connectivity index (χ0) is 22.0. The lowest BCUT2D eigenvalue weighted by molar-refractivity contribution is -0.142. The first-order valence-corrected chi connectivity index (χ1v) is 10.9. The summed E-state index contributed by atoms with van der Waals surface area (Å²) in [5.41, 5.74) is 11.7. The van der Waals surface area contributed by atoms with Gasteiger partial charge in [-0.25, -0.2) is 0 Å². The third-order valence-corrected chi connectivity index (χ3v) is 6.26. The molecule has 4 rings (SSSR count). The predicted octanol–water partition coefficient (Wildman–Crippen LogP) is 4.66. The number of methoxy groups -OCH3 is 1. The summed E-state index contributed by atoms with van der Waals surface area (Å²) in [4.78, 5) is 14.5. The van der Waals surface area contributed by atoms with Crippen LogP contribution in [0.15, 0.2) is 48.5 Å². The first kappa shape index (κ1) is 21.2. The van der Waals surface area contributed by atoms with Gasteiger partial charge in [-0.1, -0.05) is 24.3 Å². The van der Waals surface area contributed by atoms with Crippen LogP contribution in [0.1, 0.15) is 42.1 Å². The van der Waals surface area contributed by atoms with Crippen molar-refractivity contribution in [3.8, 4) is 5.75 Å². The standard InChI is InChI=1S/C26H30N2O3/c1-4-31-26(29)15-24-23-8-5-18(13-19(23)6-10-25(24)27)16-28-12-11-20-14-21(30-3)7-9-22(20)17(28)2/h5-10,13-14,17H,4,11-12,15-16,27H2,1-3H3. The van der Waals surface area contributed by atoms with Gasteiger partial charge in [-0.3, -0.25) is 9.69 Å². The molecule has 0 saturated heterocycles. The Kier molecular flexibility index (Phi) is 6.14. The van der Waals surface area contributed by atoms with Gasteiger partial charge in [0.1, 0.15) is 5.75 Å². The van der Waals surface area contributed by atoms with Gasteiger partial charge in [0.15, 0.2) is 0 Å². The molecule has 0 aromatic heterocycles. The minimum absolute atomic E-state index is 0.194. The number of nitrogens with zero attached hydrogens (tertiary/aromatic N) is 1. The van der Waals surface area contributed by atoms with Gasteiger partial charge in [-0.05, 0) is 77.6 Å². The van der Waals surface area contributed by atoms with Crippen LogP contribution < -0.4 is 10.5 Å². The predicted molar refractivity (Wildman–Crippen MR) is 124 cm³/mol. The summed E-state index contributed by atoms with van der Waals surface area (Å²) in [5, 5.41) is 2.11. The molecule has 0 bridgehead atoms. The summed E-state index contributed by atoms with van der Waals surface area (Å²) >= 11 is 0. The van der Waals surface area contributed by atoms with E-state index in [1.165, 1.54) is 16.7 Å². The Morgan fingerprint density at radius 2 is 2.00 bits per heavy atom. The number of carbonyl (C=O) groups is 1. The van der Waals surface area contributed by atoms with Gasteiger partial charge in [0, 0.05) is 24.8 Å². The van der Waals surface area contributed by atoms with E-state index >= 15 is 0 Å². The highest BCUT2D eigenvalue weighted by molar-refractivity contribution is 5.93. The maximum absolute atomic E-state index is 12.0. The number of ether oxygens (including phenoxy) is 2. The third-order valence-electron chi connectivity index (χ3n) is 6.26. The van der Waals surface area contributed by atoms with Crippen LogP contribution in [0.3, 0.4) is 0 Å². The molecule has 3 aromatic rings. The molecule has 0 radical (unpaired) electrons. The van der Waals surface area contributed by atoms with Gasteiger partial charge in [0.25, 0.3) is 0 Å². The summed E-state index contributed by atoms with van der Waals surface area (Å²) in [7, 11) is 1.71. The van der Waals surface area contributed by atoms with E-state index < -0.39 is 0 Å². The average molecular weight is 419 g/mol. The normalized spacial score (nSPS) is 16.2. The summed E-state index contributed by atoms with van der Waals surface area (Å²) in [5.74, 6) is 0.676. The van der Waals surface area contributed by atoms with Gasteiger partial charge >= 0.3 is 5.97 Å². The van der Waals surface area contributed by atoms with Crippen molar-refractivity contribution in [2.45, 2.75) is 39.3 Å². The molecule has 1 aliphatic rings. The second kappa shape index (κ2) is 8.98. The van der Waals surface area contributed by atoms with Crippen molar-refractivity contribution in [2.75, 3.05) is 26.0 Å². The molecule has 3 aromatic carbocycles. The minimum atomic E-state index is -0.247. The summed E-state index contributed by atoms with van der Waals surface area (Å²) in [6.07, 6.45) is 1.21. The van der Waals surface area contributed by atoms with E-state index in [9.17, 15) is 4.79 Å². The number of nitrogens with two attached hydrogens (primary N) is 1. The van der Waals surface area contributed by atoms with Gasteiger partial charge in [-0.2, -0.15) is 0 Å². The number of esters is 1. The quantitative estimate of drug-likeness (QED) is 0.466. The SMILES string of the molecule is CCOC(=O)Cc1c(N)ccc2cc(CN3CCc4cc(OC)ccc4C3C)ccc12. The fraction of sp³-hybridized carbons (Fsp3) is 0.346. The van der Waals surface area contributed by atoms with E-state index in [-0.39, 0.29) is 12.4 Å². The van der Waals surface area contributed by atoms with E-state index in [1.54, 1.807) is 7.11 Å². The van der Waals surface area contributed by atoms with Crippen LogP contribution >= 0.6 is 0 Å². The number of nitrogen functional groups attached to an aromatic ring is 1. The van der Waals surface area contributed by atoms with E-state index in [0.29, 0.717) is 18.3 Å². The fourth-order valence-electron chi connectivity index (χ4n) is 4.55. The second-order valence-corrected chi connectivity index (χ2v) is 8.13. The highest BCUT2D eigenvalue weighted by atomic mass is 16.5. The Bertz CT molecular complexity index is 1110. The van der Waals surface area contributed by atoms with Crippen LogP contribution in [0.4, 0.5) is 5.69 Å². The smallest absolute Gasteiger partial charge is 0.310 e. The highest BCUT2D eigenvalue weighted by Gasteiger charge is 2.24. The molecule has 1 unspecified atom stereocenters. The topological polar surface area (TPSA) is 64.8 Å². The van der Waals surface area contributed by atoms with Gasteiger partial charge in [0.05, 0.1) is 20.1 Å². The Morgan fingerprint density at radius 1 is 1.16 bits per heavy atom. The lowest BCUT2D eigenvalue weighted by Crippen LogP contribution is -2.33. The van der Waals surface area contributed by atoms with Crippen LogP contribution in [-0.4, -0.2) is 31.1 Å². The first-order valence-electron chi connectivity index (χ1n) is 10.9. The van der Waals surface area contributed by atoms with Crippen LogP contribution in [0.2, 0.25) is 0 Å². The molecule has 0 spiro atoms. The molecule has 5 nitrogen and oxygen atoms in total. The number of hydrogen-bond donors (Lipinski definition) is 1. The number of rotatable bonds is 6. The van der Waals surface area contributed by atoms with E-state index in [1.807, 2.05) is 25.1 Å². The number of anilines is 1. The Labute approximate surface area is 183 Å². The molecule has 2 N–H and O–H groups in total. The molecule has 1 atom stereocenters. The molecule has 0 aliphatic carbocycles. The van der Waals surface area contributed by atoms with Crippen molar-refractivity contribution in [3.63, 3.8) is 0 Å². The van der Waals surface area contributed by atoms with E-state index in [4.69, 9.17) is 15.2 Å². The Morgan fingerprint density at radius 3 is 2.77 bits per heavy atom. The van der Waals surface area contributed by atoms with Crippen molar-refractivity contribution in [2.24, 2.45) is 0 Å². The van der Waals surface area contributed by atoms with Crippen molar-refractivity contribution in [1.82, 2.24) is 4.90 Å². The molecular weight excluding hydrogens is 388 g/mol. The van der Waals surface area contributed by atoms with Crippen molar-refractivity contribution < 1.29 is 14.3 Å². The van der Waals surface area contributed by atoms with Gasteiger partial charge < -0.3 is 15.2 Å². The molecule has 1 aliphatic heterocycles. The number of benzene rings is 3. The molecule has 31 heavy (non-hydrogen) atoms. The van der Waals surface area contributed by atoms with E-state index in [2.05, 4.69) is 42.2 Å². The van der Waals surface area contributed by atoms with Gasteiger partial charge in [0.2, 0.25) is 0 Å². The number of hydrogen-bond acceptors (Lipinski definition) is 5. The maximum atomic E-state index is 12.0. The van der Waals surface area contributed by atoms with Crippen LogP contribution in [0.5, 0.6) is 5.75 Å². The monoisotopic (exact) mass is 418 g/mol. The molecule has 0 amide bonds. The average Bonchev–Trinajstić information content (AvgIpc) is 2.77. The minimum Gasteiger partial charge on any atom is -0.497 e. The second-order valence-electron chi connectivity index (χ2n) is 8.13. The molecule has 0 saturated carbocycles. The van der Waals surface area contributed by atoms with Crippen LogP contribution in [0, 0.1) is 0 Å². The molecule has 1 heterocycles. The summed E-state index contributed by atoms with van der Waals surface area (Å²) < 4.78 is 10.5. The zero-order valence-electron chi connectivity index (χ0n) is 18.5. The fourth-order valence-corrected chi connectivity index (χ4v) is 4.55. The largest absolute Gasteiger partial charge is 0.497 e. The lowest BCUT2D eigenvalue weighted by Gasteiger charge is -2.35. The molecular formula is C26H30N2O3. The van der Waals surface area contributed by atoms with Crippen molar-refractivity contribution in [1.29, 1.82) is 0 Å². The molecule has 162 valence electrons. The van der Waals surface area contributed by atoms with Crippen molar-refractivity contribution >= 4 is 22.4 Å². The molecule has 5 heteroatoms. The lowest BCUT2D eigenvalue weighted by atomic mass is 9.92. The number of carbonyl (C=O) groups excluding carboxylic acids is 1. The van der Waals surface area contributed by atoms with Gasteiger partial charge in [-0.15, -0.1) is 0 Å². The maximum Gasteiger partial charge on any atom is 0.310 e. The summed E-state index contributed by atoms with van der Waals surface area (Å²) in [6, 6.07) is 17.1. The van der Waals surface area contributed by atoms with E-state index in [0.717, 1.165) is 41.6 Å². The Hall–Kier alpha value is -3.05. The first-order chi connectivity index (χ1) is 15.0. The summed E-state index contributed by atoms with van der Waals surface area (Å²) in [6.45, 7) is 6.34. The Balaban J connectivity index is 1.56. The zero-order valence-corrected chi connectivity index (χ0v) is 18.5. The van der Waals surface area contributed by atoms with Crippen LogP contribution in [0.25, 0.3) is 10.8 Å². The van der Waals surface area contributed by atoms with Crippen LogP contribution in [-0.2, 0) is 28.9 Å². The highest BCUT2D eigenvalue weighted by Crippen LogP contribution is 2.33. The number of fused-ring (bicyclic) bond motifs is 2. The molecule has 0 fully saturated rings.